The smallest absolute Gasteiger partial charge is 0.154 e. The Kier molecular flexibility index (Phi) is 5.10. The Labute approximate surface area is 95.3 Å². The molecule has 78 valence electrons. The van der Waals surface area contributed by atoms with Gasteiger partial charge in [-0.25, -0.2) is 5.84 Å². The second kappa shape index (κ2) is 6.13. The number of rotatable bonds is 4. The molecule has 4 nitrogen and oxygen atoms in total. The number of methoxy groups -OCH3 is 1. The van der Waals surface area contributed by atoms with Crippen molar-refractivity contribution in [3.8, 4) is 0 Å². The average Bonchev–Trinajstić information content (AvgIpc) is 2.60. The van der Waals surface area contributed by atoms with Gasteiger partial charge in [0, 0.05) is 11.6 Å². The van der Waals surface area contributed by atoms with E-state index in [9.17, 15) is 0 Å². The van der Waals surface area contributed by atoms with Crippen LogP contribution in [-0.4, -0.2) is 26.1 Å². The van der Waals surface area contributed by atoms with Crippen LogP contribution in [0.3, 0.4) is 0 Å². The number of amidine groups is 1. The van der Waals surface area contributed by atoms with Crippen LogP contribution < -0.4 is 11.3 Å². The van der Waals surface area contributed by atoms with Gasteiger partial charge in [-0.15, -0.1) is 11.3 Å². The van der Waals surface area contributed by atoms with Crippen LogP contribution in [0, 0.1) is 0 Å². The fourth-order valence-corrected chi connectivity index (χ4v) is 2.43. The third-order valence-corrected chi connectivity index (χ3v) is 3.38. The molecule has 3 N–H and O–H groups in total. The van der Waals surface area contributed by atoms with Crippen molar-refractivity contribution in [2.24, 2.45) is 10.8 Å². The molecule has 1 rings (SSSR count). The monoisotopic (exact) mass is 277 g/mol. The summed E-state index contributed by atoms with van der Waals surface area (Å²) in [6.45, 7) is 1.19. The molecule has 0 saturated carbocycles. The summed E-state index contributed by atoms with van der Waals surface area (Å²) < 4.78 is 5.90. The predicted molar refractivity (Wildman–Crippen MR) is 62.6 cm³/mol. The van der Waals surface area contributed by atoms with Gasteiger partial charge >= 0.3 is 0 Å². The van der Waals surface area contributed by atoms with E-state index in [1.165, 1.54) is 0 Å². The molecule has 0 atom stereocenters. The van der Waals surface area contributed by atoms with E-state index in [0.717, 1.165) is 9.35 Å². The molecule has 6 heteroatoms. The second-order valence-corrected chi connectivity index (χ2v) is 4.24. The molecule has 0 aliphatic rings. The van der Waals surface area contributed by atoms with Crippen LogP contribution in [0.25, 0.3) is 0 Å². The van der Waals surface area contributed by atoms with Gasteiger partial charge in [0.1, 0.15) is 0 Å². The second-order valence-electron chi connectivity index (χ2n) is 2.47. The molecule has 0 spiro atoms. The maximum absolute atomic E-state index is 5.38. The van der Waals surface area contributed by atoms with Crippen LogP contribution in [0.15, 0.2) is 20.9 Å². The zero-order valence-electron chi connectivity index (χ0n) is 7.79. The van der Waals surface area contributed by atoms with Crippen molar-refractivity contribution in [3.63, 3.8) is 0 Å². The lowest BCUT2D eigenvalue weighted by Crippen LogP contribution is -2.31. The van der Waals surface area contributed by atoms with Crippen molar-refractivity contribution in [3.05, 3.63) is 20.8 Å². The first-order chi connectivity index (χ1) is 6.79. The van der Waals surface area contributed by atoms with Crippen LogP contribution >= 0.6 is 27.3 Å². The van der Waals surface area contributed by atoms with Gasteiger partial charge in [0.25, 0.3) is 0 Å². The first-order valence-electron chi connectivity index (χ1n) is 4.03. The topological polar surface area (TPSA) is 59.6 Å². The Balaban J connectivity index is 2.71. The van der Waals surface area contributed by atoms with Crippen molar-refractivity contribution in [2.75, 3.05) is 20.3 Å². The van der Waals surface area contributed by atoms with E-state index >= 15 is 0 Å². The van der Waals surface area contributed by atoms with Crippen LogP contribution in [0.2, 0.25) is 0 Å². The molecule has 0 aliphatic carbocycles. The number of hydrazine groups is 1. The highest BCUT2D eigenvalue weighted by Crippen LogP contribution is 2.22. The highest BCUT2D eigenvalue weighted by atomic mass is 79.9. The molecule has 0 bridgehead atoms. The molecule has 0 aliphatic heterocycles. The number of nitrogens with one attached hydrogen (secondary N) is 1. The zero-order chi connectivity index (χ0) is 10.4. The van der Waals surface area contributed by atoms with Gasteiger partial charge in [0.2, 0.25) is 0 Å². The summed E-state index contributed by atoms with van der Waals surface area (Å²) in [4.78, 5) is 5.27. The number of nitrogens with two attached hydrogens (primary N) is 1. The molecule has 1 heterocycles. The van der Waals surface area contributed by atoms with Gasteiger partial charge in [-0.3, -0.25) is 4.99 Å². The molecule has 0 unspecified atom stereocenters. The SMILES string of the molecule is COCCN=C(NN)c1sccc1Br. The maximum atomic E-state index is 5.38. The number of halogens is 1. The molecule has 0 saturated heterocycles. The first kappa shape index (κ1) is 11.6. The highest BCUT2D eigenvalue weighted by Gasteiger charge is 2.07. The first-order valence-corrected chi connectivity index (χ1v) is 5.70. The third kappa shape index (κ3) is 3.06. The van der Waals surface area contributed by atoms with E-state index in [-0.39, 0.29) is 0 Å². The number of hydrogen-bond donors (Lipinski definition) is 2. The molecular weight excluding hydrogens is 266 g/mol. The Morgan fingerprint density at radius 3 is 3.07 bits per heavy atom. The van der Waals surface area contributed by atoms with Gasteiger partial charge in [-0.1, -0.05) is 0 Å². The fraction of sp³-hybridized carbons (Fsp3) is 0.375. The minimum absolute atomic E-state index is 0.591. The summed E-state index contributed by atoms with van der Waals surface area (Å²) in [5.74, 6) is 6.06. The molecule has 14 heavy (non-hydrogen) atoms. The number of nitrogens with zero attached hydrogens (tertiary/aromatic N) is 1. The van der Waals surface area contributed by atoms with Crippen LogP contribution in [0.5, 0.6) is 0 Å². The summed E-state index contributed by atoms with van der Waals surface area (Å²) >= 11 is 5.00. The molecule has 1 aromatic rings. The van der Waals surface area contributed by atoms with Crippen molar-refractivity contribution < 1.29 is 4.74 Å². The molecule has 0 aromatic carbocycles. The molecule has 0 amide bonds. The van der Waals surface area contributed by atoms with Crippen LogP contribution in [0.4, 0.5) is 0 Å². The lowest BCUT2D eigenvalue weighted by molar-refractivity contribution is 0.208. The molecular formula is C8H12BrN3OS. The van der Waals surface area contributed by atoms with Crippen molar-refractivity contribution in [2.45, 2.75) is 0 Å². The predicted octanol–water partition coefficient (Wildman–Crippen LogP) is 1.37. The summed E-state index contributed by atoms with van der Waals surface area (Å²) in [6.07, 6.45) is 0. The standard InChI is InChI=1S/C8H12BrN3OS/c1-13-4-3-11-8(12-10)7-6(9)2-5-14-7/h2,5H,3-4,10H2,1H3,(H,11,12). The van der Waals surface area contributed by atoms with Crippen molar-refractivity contribution >= 4 is 33.1 Å². The molecule has 0 radical (unpaired) electrons. The normalized spacial score (nSPS) is 11.8. The van der Waals surface area contributed by atoms with Gasteiger partial charge in [-0.05, 0) is 27.4 Å². The fourth-order valence-electron chi connectivity index (χ4n) is 0.894. The van der Waals surface area contributed by atoms with E-state index in [1.54, 1.807) is 18.4 Å². The van der Waals surface area contributed by atoms with Crippen molar-refractivity contribution in [1.29, 1.82) is 0 Å². The number of ether oxygens (including phenoxy) is 1. The Bertz CT molecular complexity index is 313. The van der Waals surface area contributed by atoms with E-state index in [4.69, 9.17) is 10.6 Å². The van der Waals surface area contributed by atoms with Crippen molar-refractivity contribution in [1.82, 2.24) is 5.43 Å². The number of aliphatic imine (C=N–C) groups is 1. The Hall–Kier alpha value is -0.430. The maximum Gasteiger partial charge on any atom is 0.154 e. The van der Waals surface area contributed by atoms with E-state index in [0.29, 0.717) is 19.0 Å². The largest absolute Gasteiger partial charge is 0.383 e. The lowest BCUT2D eigenvalue weighted by atomic mass is 10.4. The van der Waals surface area contributed by atoms with E-state index in [1.807, 2.05) is 11.4 Å². The number of hydrogen-bond acceptors (Lipinski definition) is 4. The lowest BCUT2D eigenvalue weighted by Gasteiger charge is -2.03. The van der Waals surface area contributed by atoms with Gasteiger partial charge < -0.3 is 10.2 Å². The summed E-state index contributed by atoms with van der Waals surface area (Å²) in [5, 5.41) is 1.97. The molecule has 0 fully saturated rings. The van der Waals surface area contributed by atoms with E-state index in [2.05, 4.69) is 26.3 Å². The quantitative estimate of drug-likeness (QED) is 0.287. The zero-order valence-corrected chi connectivity index (χ0v) is 10.2. The minimum atomic E-state index is 0.591. The van der Waals surface area contributed by atoms with Crippen LogP contribution in [0.1, 0.15) is 4.88 Å². The number of thiophene rings is 1. The van der Waals surface area contributed by atoms with E-state index < -0.39 is 0 Å². The minimum Gasteiger partial charge on any atom is -0.383 e. The van der Waals surface area contributed by atoms with Gasteiger partial charge in [0.05, 0.1) is 18.0 Å². The summed E-state index contributed by atoms with van der Waals surface area (Å²) in [7, 11) is 1.64. The van der Waals surface area contributed by atoms with Crippen LogP contribution in [-0.2, 0) is 4.74 Å². The summed E-state index contributed by atoms with van der Waals surface area (Å²) in [6, 6.07) is 1.96. The van der Waals surface area contributed by atoms with Gasteiger partial charge in [-0.2, -0.15) is 0 Å². The Morgan fingerprint density at radius 2 is 2.57 bits per heavy atom. The third-order valence-electron chi connectivity index (χ3n) is 1.53. The highest BCUT2D eigenvalue weighted by molar-refractivity contribution is 9.10. The average molecular weight is 278 g/mol. The van der Waals surface area contributed by atoms with Gasteiger partial charge in [0.15, 0.2) is 5.84 Å². The summed E-state index contributed by atoms with van der Waals surface area (Å²) in [5.41, 5.74) is 2.58. The molecule has 1 aromatic heterocycles. The Morgan fingerprint density at radius 1 is 1.79 bits per heavy atom.